The van der Waals surface area contributed by atoms with Crippen molar-refractivity contribution in [3.8, 4) is 5.75 Å². The predicted molar refractivity (Wildman–Crippen MR) is 89.8 cm³/mol. The molecule has 0 fully saturated rings. The third kappa shape index (κ3) is 4.16. The van der Waals surface area contributed by atoms with Crippen molar-refractivity contribution in [1.29, 1.82) is 0 Å². The van der Waals surface area contributed by atoms with Gasteiger partial charge in [0.15, 0.2) is 5.82 Å². The molecule has 6 nitrogen and oxygen atoms in total. The molecule has 0 spiro atoms. The summed E-state index contributed by atoms with van der Waals surface area (Å²) in [6.07, 6.45) is 1.48. The van der Waals surface area contributed by atoms with Crippen LogP contribution in [0, 0.1) is 5.82 Å². The molecule has 24 heavy (non-hydrogen) atoms. The topological polar surface area (TPSA) is 72.0 Å². The highest BCUT2D eigenvalue weighted by Crippen LogP contribution is 2.16. The number of hydrogen-bond donors (Lipinski definition) is 2. The number of hydrogen-bond acceptors (Lipinski definition) is 6. The Kier molecular flexibility index (Phi) is 4.81. The average molecular weight is 325 g/mol. The molecular formula is C17H16FN5O. The van der Waals surface area contributed by atoms with E-state index < -0.39 is 0 Å². The van der Waals surface area contributed by atoms with Crippen LogP contribution in [0.2, 0.25) is 0 Å². The Labute approximate surface area is 138 Å². The molecule has 0 aliphatic rings. The molecule has 0 aliphatic heterocycles. The van der Waals surface area contributed by atoms with Gasteiger partial charge in [0.2, 0.25) is 5.95 Å². The summed E-state index contributed by atoms with van der Waals surface area (Å²) in [5, 5.41) is 13.9. The molecular weight excluding hydrogens is 309 g/mol. The molecule has 2 aromatic carbocycles. The largest absolute Gasteiger partial charge is 0.497 e. The Morgan fingerprint density at radius 1 is 1.12 bits per heavy atom. The summed E-state index contributed by atoms with van der Waals surface area (Å²) in [6, 6.07) is 13.8. The first-order chi connectivity index (χ1) is 11.7. The summed E-state index contributed by atoms with van der Waals surface area (Å²) in [7, 11) is 1.63. The van der Waals surface area contributed by atoms with Gasteiger partial charge >= 0.3 is 0 Å². The number of nitrogens with one attached hydrogen (secondary N) is 2. The van der Waals surface area contributed by atoms with Gasteiger partial charge in [0.1, 0.15) is 11.6 Å². The Balaban J connectivity index is 1.64. The fourth-order valence-corrected chi connectivity index (χ4v) is 2.08. The van der Waals surface area contributed by atoms with E-state index in [-0.39, 0.29) is 5.82 Å². The molecule has 3 rings (SSSR count). The second-order valence-electron chi connectivity index (χ2n) is 5.00. The Morgan fingerprint density at radius 3 is 2.71 bits per heavy atom. The van der Waals surface area contributed by atoms with Crippen LogP contribution in [0.15, 0.2) is 54.7 Å². The molecule has 1 heterocycles. The van der Waals surface area contributed by atoms with Gasteiger partial charge in [0.05, 0.1) is 13.3 Å². The monoisotopic (exact) mass is 325 g/mol. The van der Waals surface area contributed by atoms with Gasteiger partial charge < -0.3 is 15.4 Å². The first-order valence-electron chi connectivity index (χ1n) is 7.32. The number of aromatic nitrogens is 3. The summed E-state index contributed by atoms with van der Waals surface area (Å²) in [5.74, 6) is 1.35. The number of halogens is 1. The van der Waals surface area contributed by atoms with Gasteiger partial charge in [0, 0.05) is 12.2 Å². The van der Waals surface area contributed by atoms with Gasteiger partial charge in [-0.15, -0.1) is 5.10 Å². The molecule has 0 amide bonds. The van der Waals surface area contributed by atoms with E-state index in [0.717, 1.165) is 11.3 Å². The van der Waals surface area contributed by atoms with Gasteiger partial charge in [0.25, 0.3) is 0 Å². The Hall–Kier alpha value is -3.22. The molecule has 122 valence electrons. The van der Waals surface area contributed by atoms with Gasteiger partial charge in [-0.3, -0.25) is 0 Å². The lowest BCUT2D eigenvalue weighted by molar-refractivity contribution is 0.414. The molecule has 0 bridgehead atoms. The second-order valence-corrected chi connectivity index (χ2v) is 5.00. The number of methoxy groups -OCH3 is 1. The maximum atomic E-state index is 13.2. The lowest BCUT2D eigenvalue weighted by atomic mass is 10.2. The number of anilines is 3. The minimum atomic E-state index is -0.320. The first-order valence-corrected chi connectivity index (χ1v) is 7.32. The van der Waals surface area contributed by atoms with Gasteiger partial charge in [-0.2, -0.15) is 10.1 Å². The minimum absolute atomic E-state index is 0.320. The van der Waals surface area contributed by atoms with Crippen molar-refractivity contribution in [2.45, 2.75) is 6.54 Å². The summed E-state index contributed by atoms with van der Waals surface area (Å²) in [5.41, 5.74) is 1.65. The summed E-state index contributed by atoms with van der Waals surface area (Å²) in [6.45, 7) is 0.551. The maximum absolute atomic E-state index is 13.2. The van der Waals surface area contributed by atoms with E-state index >= 15 is 0 Å². The van der Waals surface area contributed by atoms with E-state index in [1.807, 2.05) is 24.3 Å². The standard InChI is InChI=1S/C17H16FN5O/c1-24-15-7-5-12(6-8-15)10-19-17-22-16(11-20-23-17)21-14-4-2-3-13(18)9-14/h2-9,11H,10H2,1H3,(H2,19,21,22,23). The fourth-order valence-electron chi connectivity index (χ4n) is 2.08. The smallest absolute Gasteiger partial charge is 0.244 e. The van der Waals surface area contributed by atoms with Gasteiger partial charge in [-0.1, -0.05) is 18.2 Å². The average Bonchev–Trinajstić information content (AvgIpc) is 2.61. The lowest BCUT2D eigenvalue weighted by Crippen LogP contribution is -2.06. The maximum Gasteiger partial charge on any atom is 0.244 e. The summed E-state index contributed by atoms with van der Waals surface area (Å²) < 4.78 is 18.3. The zero-order chi connectivity index (χ0) is 16.8. The molecule has 0 atom stereocenters. The zero-order valence-corrected chi connectivity index (χ0v) is 13.0. The highest BCUT2D eigenvalue weighted by atomic mass is 19.1. The molecule has 0 unspecified atom stereocenters. The second kappa shape index (κ2) is 7.36. The normalized spacial score (nSPS) is 10.2. The van der Waals surface area contributed by atoms with Crippen LogP contribution in [0.4, 0.5) is 21.8 Å². The Bertz CT molecular complexity index is 810. The quantitative estimate of drug-likeness (QED) is 0.724. The van der Waals surface area contributed by atoms with Crippen LogP contribution in [0.1, 0.15) is 5.56 Å². The SMILES string of the molecule is COc1ccc(CNc2nncc(Nc3cccc(F)c3)n2)cc1. The van der Waals surface area contributed by atoms with E-state index in [4.69, 9.17) is 4.74 Å². The first kappa shape index (κ1) is 15.7. The van der Waals surface area contributed by atoms with Crippen LogP contribution in [-0.2, 0) is 6.54 Å². The van der Waals surface area contributed by atoms with Crippen molar-refractivity contribution in [1.82, 2.24) is 15.2 Å². The van der Waals surface area contributed by atoms with E-state index in [0.29, 0.717) is 24.0 Å². The molecule has 0 saturated carbocycles. The number of rotatable bonds is 6. The highest BCUT2D eigenvalue weighted by molar-refractivity contribution is 5.55. The van der Waals surface area contributed by atoms with Crippen LogP contribution < -0.4 is 15.4 Å². The van der Waals surface area contributed by atoms with Crippen LogP contribution in [0.5, 0.6) is 5.75 Å². The minimum Gasteiger partial charge on any atom is -0.497 e. The predicted octanol–water partition coefficient (Wildman–Crippen LogP) is 3.38. The van der Waals surface area contributed by atoms with Crippen LogP contribution >= 0.6 is 0 Å². The summed E-state index contributed by atoms with van der Waals surface area (Å²) >= 11 is 0. The van der Waals surface area contributed by atoms with Crippen molar-refractivity contribution in [3.05, 3.63) is 66.1 Å². The molecule has 2 N–H and O–H groups in total. The van der Waals surface area contributed by atoms with Crippen LogP contribution in [-0.4, -0.2) is 22.3 Å². The zero-order valence-electron chi connectivity index (χ0n) is 13.0. The van der Waals surface area contributed by atoms with Gasteiger partial charge in [-0.25, -0.2) is 4.39 Å². The number of nitrogens with zero attached hydrogens (tertiary/aromatic N) is 3. The van der Waals surface area contributed by atoms with Crippen molar-refractivity contribution in [2.24, 2.45) is 0 Å². The van der Waals surface area contributed by atoms with E-state index in [1.165, 1.54) is 18.3 Å². The fraction of sp³-hybridized carbons (Fsp3) is 0.118. The van der Waals surface area contributed by atoms with Crippen LogP contribution in [0.3, 0.4) is 0 Å². The number of ether oxygens (including phenoxy) is 1. The van der Waals surface area contributed by atoms with Gasteiger partial charge in [-0.05, 0) is 35.9 Å². The molecule has 0 aliphatic carbocycles. The van der Waals surface area contributed by atoms with Crippen molar-refractivity contribution in [3.63, 3.8) is 0 Å². The molecule has 0 saturated heterocycles. The van der Waals surface area contributed by atoms with Crippen molar-refractivity contribution >= 4 is 17.5 Å². The van der Waals surface area contributed by atoms with E-state index in [2.05, 4.69) is 25.8 Å². The third-order valence-electron chi connectivity index (χ3n) is 3.27. The molecule has 1 aromatic heterocycles. The molecule has 0 radical (unpaired) electrons. The van der Waals surface area contributed by atoms with Crippen molar-refractivity contribution in [2.75, 3.05) is 17.7 Å². The summed E-state index contributed by atoms with van der Waals surface area (Å²) in [4.78, 5) is 4.30. The lowest BCUT2D eigenvalue weighted by Gasteiger charge is -2.08. The molecule has 3 aromatic rings. The molecule has 7 heteroatoms. The van der Waals surface area contributed by atoms with E-state index in [9.17, 15) is 4.39 Å². The third-order valence-corrected chi connectivity index (χ3v) is 3.27. The number of benzene rings is 2. The Morgan fingerprint density at radius 2 is 1.96 bits per heavy atom. The highest BCUT2D eigenvalue weighted by Gasteiger charge is 2.02. The van der Waals surface area contributed by atoms with Crippen LogP contribution in [0.25, 0.3) is 0 Å². The van der Waals surface area contributed by atoms with E-state index in [1.54, 1.807) is 19.2 Å². The van der Waals surface area contributed by atoms with Crippen molar-refractivity contribution < 1.29 is 9.13 Å².